The van der Waals surface area contributed by atoms with Gasteiger partial charge in [-0.25, -0.2) is 8.78 Å². The van der Waals surface area contributed by atoms with Crippen molar-refractivity contribution in [3.63, 3.8) is 0 Å². The van der Waals surface area contributed by atoms with E-state index in [-0.39, 0.29) is 0 Å². The molecule has 1 heterocycles. The molecule has 0 amide bonds. The Morgan fingerprint density at radius 2 is 2.00 bits per heavy atom. The zero-order valence-electron chi connectivity index (χ0n) is 11.6. The molecule has 1 aromatic carbocycles. The number of hydrogen-bond donors (Lipinski definition) is 1. The van der Waals surface area contributed by atoms with Gasteiger partial charge < -0.3 is 5.32 Å². The standard InChI is InChI=1S/C15H17F2N3S/c16-11-4-3-10(13(17)9-11)8-15-20-19-14(21-15)2-1-7-18-12-5-6-12/h3-4,9,12,18H,1-2,5-8H2. The first kappa shape index (κ1) is 14.5. The van der Waals surface area contributed by atoms with Crippen LogP contribution in [0.4, 0.5) is 8.78 Å². The van der Waals surface area contributed by atoms with Gasteiger partial charge in [0.2, 0.25) is 0 Å². The summed E-state index contributed by atoms with van der Waals surface area (Å²) in [6, 6.07) is 4.37. The molecule has 6 heteroatoms. The van der Waals surface area contributed by atoms with Gasteiger partial charge in [-0.3, -0.25) is 0 Å². The van der Waals surface area contributed by atoms with Crippen LogP contribution in [-0.2, 0) is 12.8 Å². The van der Waals surface area contributed by atoms with E-state index in [1.807, 2.05) is 0 Å². The molecule has 0 atom stereocenters. The van der Waals surface area contributed by atoms with Crippen molar-refractivity contribution in [3.8, 4) is 0 Å². The SMILES string of the molecule is Fc1ccc(Cc2nnc(CCCNC3CC3)s2)c(F)c1. The fourth-order valence-electron chi connectivity index (χ4n) is 2.12. The molecule has 0 aliphatic heterocycles. The van der Waals surface area contributed by atoms with E-state index >= 15 is 0 Å². The Kier molecular flexibility index (Phi) is 4.55. The smallest absolute Gasteiger partial charge is 0.129 e. The Hall–Kier alpha value is -1.40. The summed E-state index contributed by atoms with van der Waals surface area (Å²) in [5.74, 6) is -1.09. The second-order valence-corrected chi connectivity index (χ2v) is 6.48. The largest absolute Gasteiger partial charge is 0.314 e. The number of aromatic nitrogens is 2. The maximum atomic E-state index is 13.6. The summed E-state index contributed by atoms with van der Waals surface area (Å²) in [4.78, 5) is 0. The van der Waals surface area contributed by atoms with Gasteiger partial charge in [0.25, 0.3) is 0 Å². The van der Waals surface area contributed by atoms with E-state index in [4.69, 9.17) is 0 Å². The lowest BCUT2D eigenvalue weighted by Gasteiger charge is -2.00. The summed E-state index contributed by atoms with van der Waals surface area (Å²) in [5.41, 5.74) is 0.453. The van der Waals surface area contributed by atoms with Crippen molar-refractivity contribution in [1.82, 2.24) is 15.5 Å². The minimum atomic E-state index is -0.558. The molecule has 1 aliphatic rings. The van der Waals surface area contributed by atoms with Crippen molar-refractivity contribution < 1.29 is 8.78 Å². The first-order valence-electron chi connectivity index (χ1n) is 7.19. The average Bonchev–Trinajstić information content (AvgIpc) is 3.17. The normalized spacial score (nSPS) is 14.6. The topological polar surface area (TPSA) is 37.8 Å². The summed E-state index contributed by atoms with van der Waals surface area (Å²) in [7, 11) is 0. The molecule has 21 heavy (non-hydrogen) atoms. The Balaban J connectivity index is 1.51. The molecule has 0 saturated heterocycles. The molecule has 112 valence electrons. The molecule has 3 rings (SSSR count). The van der Waals surface area contributed by atoms with Crippen LogP contribution in [0.25, 0.3) is 0 Å². The van der Waals surface area contributed by atoms with Crippen LogP contribution in [0.15, 0.2) is 18.2 Å². The van der Waals surface area contributed by atoms with E-state index in [0.717, 1.165) is 41.5 Å². The van der Waals surface area contributed by atoms with Gasteiger partial charge in [0.05, 0.1) is 0 Å². The second kappa shape index (κ2) is 6.58. The highest BCUT2D eigenvalue weighted by atomic mass is 32.1. The van der Waals surface area contributed by atoms with Crippen LogP contribution in [0.5, 0.6) is 0 Å². The monoisotopic (exact) mass is 309 g/mol. The highest BCUT2D eigenvalue weighted by Crippen LogP contribution is 2.20. The first-order valence-corrected chi connectivity index (χ1v) is 8.01. The average molecular weight is 309 g/mol. The molecule has 0 spiro atoms. The van der Waals surface area contributed by atoms with Crippen LogP contribution >= 0.6 is 11.3 Å². The molecule has 0 radical (unpaired) electrons. The van der Waals surface area contributed by atoms with E-state index in [9.17, 15) is 8.78 Å². The van der Waals surface area contributed by atoms with Gasteiger partial charge in [-0.1, -0.05) is 6.07 Å². The predicted octanol–water partition coefficient (Wildman–Crippen LogP) is 3.09. The van der Waals surface area contributed by atoms with Crippen molar-refractivity contribution in [2.75, 3.05) is 6.54 Å². The van der Waals surface area contributed by atoms with Gasteiger partial charge in [-0.05, 0) is 37.4 Å². The van der Waals surface area contributed by atoms with Gasteiger partial charge in [-0.15, -0.1) is 21.5 Å². The lowest BCUT2D eigenvalue weighted by molar-refractivity contribution is 0.574. The van der Waals surface area contributed by atoms with Gasteiger partial charge >= 0.3 is 0 Å². The second-order valence-electron chi connectivity index (χ2n) is 5.33. The molecule has 0 unspecified atom stereocenters. The van der Waals surface area contributed by atoms with Crippen molar-refractivity contribution in [3.05, 3.63) is 45.4 Å². The van der Waals surface area contributed by atoms with Crippen LogP contribution in [0.3, 0.4) is 0 Å². The van der Waals surface area contributed by atoms with Crippen LogP contribution in [-0.4, -0.2) is 22.8 Å². The quantitative estimate of drug-likeness (QED) is 0.799. The lowest BCUT2D eigenvalue weighted by atomic mass is 10.1. The summed E-state index contributed by atoms with van der Waals surface area (Å²) in [5, 5.41) is 13.4. The number of hydrogen-bond acceptors (Lipinski definition) is 4. The molecular formula is C15H17F2N3S. The Morgan fingerprint density at radius 1 is 1.19 bits per heavy atom. The summed E-state index contributed by atoms with van der Waals surface area (Å²) in [6.45, 7) is 1.01. The molecule has 1 N–H and O–H groups in total. The maximum absolute atomic E-state index is 13.6. The fraction of sp³-hybridized carbons (Fsp3) is 0.467. The van der Waals surface area contributed by atoms with E-state index in [2.05, 4.69) is 15.5 Å². The molecule has 2 aromatic rings. The Labute approximate surface area is 126 Å². The first-order chi connectivity index (χ1) is 10.2. The van der Waals surface area contributed by atoms with E-state index in [1.54, 1.807) is 0 Å². The molecule has 1 saturated carbocycles. The Morgan fingerprint density at radius 3 is 2.76 bits per heavy atom. The molecule has 1 fully saturated rings. The van der Waals surface area contributed by atoms with Gasteiger partial charge in [0.1, 0.15) is 21.6 Å². The third-order valence-electron chi connectivity index (χ3n) is 3.44. The van der Waals surface area contributed by atoms with Crippen molar-refractivity contribution in [1.29, 1.82) is 0 Å². The molecule has 1 aliphatic carbocycles. The Bertz CT molecular complexity index is 611. The number of benzene rings is 1. The zero-order valence-corrected chi connectivity index (χ0v) is 12.4. The van der Waals surface area contributed by atoms with Crippen LogP contribution in [0.2, 0.25) is 0 Å². The zero-order chi connectivity index (χ0) is 14.7. The fourth-order valence-corrected chi connectivity index (χ4v) is 3.03. The number of rotatable bonds is 7. The summed E-state index contributed by atoms with van der Waals surface area (Å²) >= 11 is 1.50. The molecule has 1 aromatic heterocycles. The number of halogens is 2. The van der Waals surface area contributed by atoms with E-state index in [1.165, 1.54) is 36.3 Å². The van der Waals surface area contributed by atoms with E-state index in [0.29, 0.717) is 12.0 Å². The minimum absolute atomic E-state index is 0.365. The highest BCUT2D eigenvalue weighted by molar-refractivity contribution is 7.11. The maximum Gasteiger partial charge on any atom is 0.129 e. The van der Waals surface area contributed by atoms with Crippen molar-refractivity contribution in [2.24, 2.45) is 0 Å². The molecule has 0 bridgehead atoms. The summed E-state index contributed by atoms with van der Waals surface area (Å²) < 4.78 is 26.4. The van der Waals surface area contributed by atoms with Crippen LogP contribution in [0, 0.1) is 11.6 Å². The van der Waals surface area contributed by atoms with Gasteiger partial charge in [0.15, 0.2) is 0 Å². The third kappa shape index (κ3) is 4.28. The highest BCUT2D eigenvalue weighted by Gasteiger charge is 2.19. The molecular weight excluding hydrogens is 292 g/mol. The van der Waals surface area contributed by atoms with Crippen LogP contribution in [0.1, 0.15) is 34.8 Å². The van der Waals surface area contributed by atoms with E-state index < -0.39 is 11.6 Å². The number of nitrogens with zero attached hydrogens (tertiary/aromatic N) is 2. The number of nitrogens with one attached hydrogen (secondary N) is 1. The van der Waals surface area contributed by atoms with Gasteiger partial charge in [-0.2, -0.15) is 0 Å². The summed E-state index contributed by atoms with van der Waals surface area (Å²) in [6.07, 6.45) is 4.89. The van der Waals surface area contributed by atoms with Crippen LogP contribution < -0.4 is 5.32 Å². The van der Waals surface area contributed by atoms with Gasteiger partial charge in [0, 0.05) is 24.9 Å². The predicted molar refractivity (Wildman–Crippen MR) is 78.4 cm³/mol. The number of aryl methyl sites for hydroxylation is 1. The lowest BCUT2D eigenvalue weighted by Crippen LogP contribution is -2.17. The van der Waals surface area contributed by atoms with Crippen molar-refractivity contribution in [2.45, 2.75) is 38.1 Å². The van der Waals surface area contributed by atoms with Crippen molar-refractivity contribution >= 4 is 11.3 Å². The minimum Gasteiger partial charge on any atom is -0.314 e. The molecule has 3 nitrogen and oxygen atoms in total. The third-order valence-corrected chi connectivity index (χ3v) is 4.43.